The Morgan fingerprint density at radius 2 is 2.10 bits per heavy atom. The van der Waals surface area contributed by atoms with Gasteiger partial charge in [-0.2, -0.15) is 0 Å². The molecule has 1 unspecified atom stereocenters. The van der Waals surface area contributed by atoms with Crippen LogP contribution >= 0.6 is 0 Å². The Kier molecular flexibility index (Phi) is 6.10. The summed E-state index contributed by atoms with van der Waals surface area (Å²) < 4.78 is 10.4. The Labute approximate surface area is 122 Å². The van der Waals surface area contributed by atoms with Gasteiger partial charge in [0.2, 0.25) is 0 Å². The van der Waals surface area contributed by atoms with Crippen molar-refractivity contribution in [1.82, 2.24) is 0 Å². The van der Waals surface area contributed by atoms with Crippen LogP contribution in [0.25, 0.3) is 0 Å². The normalized spacial score (nSPS) is 13.3. The first-order valence-electron chi connectivity index (χ1n) is 6.70. The summed E-state index contributed by atoms with van der Waals surface area (Å²) in [6.07, 6.45) is -1.39. The largest absolute Gasteiger partial charge is 0.478 e. The maximum atomic E-state index is 11.7. The molecule has 1 N–H and O–H groups in total. The molecule has 1 rings (SSSR count). The van der Waals surface area contributed by atoms with E-state index in [1.807, 2.05) is 0 Å². The molecule has 7 nitrogen and oxygen atoms in total. The number of nitro benzene ring substituents is 1. The van der Waals surface area contributed by atoms with Gasteiger partial charge >= 0.3 is 5.97 Å². The van der Waals surface area contributed by atoms with Gasteiger partial charge in [0.25, 0.3) is 5.69 Å². The summed E-state index contributed by atoms with van der Waals surface area (Å²) in [5.74, 6) is -0.273. The first kappa shape index (κ1) is 16.9. The maximum Gasteiger partial charge on any atom is 0.347 e. The summed E-state index contributed by atoms with van der Waals surface area (Å²) in [5, 5.41) is 20.5. The van der Waals surface area contributed by atoms with Gasteiger partial charge in [-0.1, -0.05) is 6.92 Å². The van der Waals surface area contributed by atoms with Crippen LogP contribution in [0.1, 0.15) is 38.9 Å². The molecule has 116 valence electrons. The minimum atomic E-state index is -0.959. The predicted molar refractivity (Wildman–Crippen MR) is 75.1 cm³/mol. The highest BCUT2D eigenvalue weighted by Crippen LogP contribution is 2.30. The smallest absolute Gasteiger partial charge is 0.347 e. The number of carbonyl (C=O) groups excluding carboxylic acids is 1. The summed E-state index contributed by atoms with van der Waals surface area (Å²) in [7, 11) is 0. The molecule has 0 saturated carbocycles. The van der Waals surface area contributed by atoms with Gasteiger partial charge in [-0.05, 0) is 26.3 Å². The molecule has 0 bridgehead atoms. The fraction of sp³-hybridized carbons (Fsp3) is 0.500. The molecule has 0 saturated heterocycles. The van der Waals surface area contributed by atoms with Crippen molar-refractivity contribution in [2.75, 3.05) is 6.61 Å². The number of carbonyl (C=O) groups is 1. The minimum absolute atomic E-state index is 0.151. The number of esters is 1. The second kappa shape index (κ2) is 7.58. The number of nitrogens with zero attached hydrogens (tertiary/aromatic N) is 1. The van der Waals surface area contributed by atoms with Crippen molar-refractivity contribution in [2.24, 2.45) is 0 Å². The zero-order valence-corrected chi connectivity index (χ0v) is 12.2. The van der Waals surface area contributed by atoms with Crippen molar-refractivity contribution >= 4 is 11.7 Å². The highest BCUT2D eigenvalue weighted by Gasteiger charge is 2.23. The second-order valence-corrected chi connectivity index (χ2v) is 4.42. The Morgan fingerprint density at radius 1 is 1.43 bits per heavy atom. The minimum Gasteiger partial charge on any atom is -0.478 e. The van der Waals surface area contributed by atoms with Crippen LogP contribution in [-0.2, 0) is 9.53 Å². The molecule has 1 aromatic carbocycles. The average Bonchev–Trinajstić information content (AvgIpc) is 2.44. The van der Waals surface area contributed by atoms with Gasteiger partial charge in [0.1, 0.15) is 5.75 Å². The molecular formula is C14H19NO6. The maximum absolute atomic E-state index is 11.7. The second-order valence-electron chi connectivity index (χ2n) is 4.42. The molecule has 0 aliphatic carbocycles. The lowest BCUT2D eigenvalue weighted by Gasteiger charge is -2.19. The van der Waals surface area contributed by atoms with Crippen molar-refractivity contribution in [1.29, 1.82) is 0 Å². The first-order valence-corrected chi connectivity index (χ1v) is 6.70. The first-order chi connectivity index (χ1) is 9.90. The zero-order chi connectivity index (χ0) is 16.0. The monoisotopic (exact) mass is 297 g/mol. The number of aliphatic hydroxyl groups is 1. The highest BCUT2D eigenvalue weighted by molar-refractivity contribution is 5.75. The van der Waals surface area contributed by atoms with Crippen LogP contribution in [0.4, 0.5) is 5.69 Å². The van der Waals surface area contributed by atoms with Gasteiger partial charge in [0.15, 0.2) is 6.10 Å². The lowest BCUT2D eigenvalue weighted by atomic mass is 10.1. The third-order valence-electron chi connectivity index (χ3n) is 2.84. The molecule has 21 heavy (non-hydrogen) atoms. The molecular weight excluding hydrogens is 278 g/mol. The summed E-state index contributed by atoms with van der Waals surface area (Å²) in [6.45, 7) is 5.16. The standard InChI is InChI=1S/C14H19NO6/c1-4-12(14(17)20-5-2)21-13-7-6-10(15(18)19)8-11(13)9(3)16/h6-9,12,16H,4-5H2,1-3H3/t9-,12?/m1/s1. The lowest BCUT2D eigenvalue weighted by Crippen LogP contribution is -2.29. The number of rotatable bonds is 7. The van der Waals surface area contributed by atoms with Gasteiger partial charge in [0.05, 0.1) is 17.6 Å². The van der Waals surface area contributed by atoms with Crippen LogP contribution in [0, 0.1) is 10.1 Å². The summed E-state index contributed by atoms with van der Waals surface area (Å²) in [5.41, 5.74) is 0.106. The quantitative estimate of drug-likeness (QED) is 0.471. The van der Waals surface area contributed by atoms with Crippen LogP contribution in [0.5, 0.6) is 5.75 Å². The van der Waals surface area contributed by atoms with E-state index in [1.54, 1.807) is 13.8 Å². The number of benzene rings is 1. The van der Waals surface area contributed by atoms with Crippen LogP contribution in [0.2, 0.25) is 0 Å². The van der Waals surface area contributed by atoms with Crippen molar-refractivity contribution in [3.8, 4) is 5.75 Å². The van der Waals surface area contributed by atoms with E-state index in [9.17, 15) is 20.0 Å². The van der Waals surface area contributed by atoms with Gasteiger partial charge in [0, 0.05) is 17.7 Å². The van der Waals surface area contributed by atoms with Gasteiger partial charge in [-0.3, -0.25) is 10.1 Å². The number of hydrogen-bond acceptors (Lipinski definition) is 6. The molecule has 0 aliphatic rings. The van der Waals surface area contributed by atoms with Crippen LogP contribution < -0.4 is 4.74 Å². The van der Waals surface area contributed by atoms with E-state index in [0.29, 0.717) is 6.42 Å². The Hall–Kier alpha value is -2.15. The molecule has 0 aliphatic heterocycles. The van der Waals surface area contributed by atoms with E-state index >= 15 is 0 Å². The highest BCUT2D eigenvalue weighted by atomic mass is 16.6. The van der Waals surface area contributed by atoms with Crippen molar-refractivity contribution < 1.29 is 24.3 Å². The number of nitro groups is 1. The molecule has 0 radical (unpaired) electrons. The number of non-ortho nitro benzene ring substituents is 1. The lowest BCUT2D eigenvalue weighted by molar-refractivity contribution is -0.385. The summed E-state index contributed by atoms with van der Waals surface area (Å²) in [6, 6.07) is 3.87. The molecule has 7 heteroatoms. The van der Waals surface area contributed by atoms with Gasteiger partial charge in [-0.15, -0.1) is 0 Å². The summed E-state index contributed by atoms with van der Waals surface area (Å²) >= 11 is 0. The molecule has 0 fully saturated rings. The molecule has 0 aromatic heterocycles. The Morgan fingerprint density at radius 3 is 2.57 bits per heavy atom. The van der Waals surface area contributed by atoms with Crippen molar-refractivity contribution in [2.45, 2.75) is 39.4 Å². The zero-order valence-electron chi connectivity index (χ0n) is 12.2. The van der Waals surface area contributed by atoms with Crippen molar-refractivity contribution in [3.63, 3.8) is 0 Å². The average molecular weight is 297 g/mol. The third-order valence-corrected chi connectivity index (χ3v) is 2.84. The number of aliphatic hydroxyl groups excluding tert-OH is 1. The number of hydrogen-bond donors (Lipinski definition) is 1. The topological polar surface area (TPSA) is 98.9 Å². The van der Waals surface area contributed by atoms with Gasteiger partial charge in [-0.25, -0.2) is 4.79 Å². The molecule has 1 aromatic rings. The molecule has 0 amide bonds. The Bertz CT molecular complexity index is 514. The SMILES string of the molecule is CCOC(=O)C(CC)Oc1ccc([N+](=O)[O-])cc1[C@@H](C)O. The van der Waals surface area contributed by atoms with E-state index in [-0.39, 0.29) is 23.6 Å². The van der Waals surface area contributed by atoms with E-state index in [2.05, 4.69) is 0 Å². The van der Waals surface area contributed by atoms with Crippen LogP contribution in [-0.4, -0.2) is 28.7 Å². The molecule has 0 heterocycles. The Balaban J connectivity index is 3.06. The summed E-state index contributed by atoms with van der Waals surface area (Å²) in [4.78, 5) is 21.9. The van der Waals surface area contributed by atoms with E-state index in [0.717, 1.165) is 0 Å². The van der Waals surface area contributed by atoms with Crippen LogP contribution in [0.15, 0.2) is 18.2 Å². The number of ether oxygens (including phenoxy) is 2. The fourth-order valence-corrected chi connectivity index (χ4v) is 1.77. The predicted octanol–water partition coefficient (Wildman–Crippen LogP) is 2.37. The molecule has 2 atom stereocenters. The third kappa shape index (κ3) is 4.42. The van der Waals surface area contributed by atoms with Crippen molar-refractivity contribution in [3.05, 3.63) is 33.9 Å². The van der Waals surface area contributed by atoms with E-state index in [4.69, 9.17) is 9.47 Å². The molecule has 0 spiro atoms. The fourth-order valence-electron chi connectivity index (χ4n) is 1.77. The van der Waals surface area contributed by atoms with Crippen LogP contribution in [0.3, 0.4) is 0 Å². The van der Waals surface area contributed by atoms with E-state index in [1.165, 1.54) is 25.1 Å². The van der Waals surface area contributed by atoms with Gasteiger partial charge < -0.3 is 14.6 Å². The van der Waals surface area contributed by atoms with E-state index < -0.39 is 23.1 Å².